The van der Waals surface area contributed by atoms with E-state index in [1.807, 2.05) is 19.1 Å². The van der Waals surface area contributed by atoms with Crippen LogP contribution in [0.2, 0.25) is 0 Å². The summed E-state index contributed by atoms with van der Waals surface area (Å²) >= 11 is 2.17. The SMILES string of the molecule is Cc1cccc(C(=O)N(C)CC(=O)NC2CC2)c1I. The van der Waals surface area contributed by atoms with Crippen LogP contribution in [0.25, 0.3) is 0 Å². The molecule has 1 aliphatic rings. The monoisotopic (exact) mass is 372 g/mol. The number of nitrogens with zero attached hydrogens (tertiary/aromatic N) is 1. The van der Waals surface area contributed by atoms with Crippen LogP contribution in [-0.4, -0.2) is 36.3 Å². The van der Waals surface area contributed by atoms with Crippen LogP contribution in [0.1, 0.15) is 28.8 Å². The third-order valence-corrected chi connectivity index (χ3v) is 4.52. The zero-order valence-electron chi connectivity index (χ0n) is 11.1. The van der Waals surface area contributed by atoms with Crippen LogP contribution < -0.4 is 5.32 Å². The average molecular weight is 372 g/mol. The van der Waals surface area contributed by atoms with Crippen molar-refractivity contribution in [1.82, 2.24) is 10.2 Å². The summed E-state index contributed by atoms with van der Waals surface area (Å²) in [6.45, 7) is 2.08. The van der Waals surface area contributed by atoms with E-state index >= 15 is 0 Å². The molecule has 2 amide bonds. The van der Waals surface area contributed by atoms with E-state index < -0.39 is 0 Å². The molecule has 0 saturated heterocycles. The second kappa shape index (κ2) is 5.90. The van der Waals surface area contributed by atoms with Crippen molar-refractivity contribution in [3.8, 4) is 0 Å². The van der Waals surface area contributed by atoms with Crippen molar-refractivity contribution in [2.45, 2.75) is 25.8 Å². The quantitative estimate of drug-likeness (QED) is 0.822. The zero-order chi connectivity index (χ0) is 14.0. The Morgan fingerprint density at radius 1 is 1.42 bits per heavy atom. The number of halogens is 1. The van der Waals surface area contributed by atoms with Crippen molar-refractivity contribution < 1.29 is 9.59 Å². The maximum atomic E-state index is 12.3. The summed E-state index contributed by atoms with van der Waals surface area (Å²) in [7, 11) is 1.66. The highest BCUT2D eigenvalue weighted by atomic mass is 127. The lowest BCUT2D eigenvalue weighted by molar-refractivity contribution is -0.121. The Balaban J connectivity index is 2.01. The van der Waals surface area contributed by atoms with E-state index in [0.717, 1.165) is 22.0 Å². The number of amides is 2. The molecule has 4 nitrogen and oxygen atoms in total. The van der Waals surface area contributed by atoms with E-state index in [0.29, 0.717) is 11.6 Å². The van der Waals surface area contributed by atoms with Crippen molar-refractivity contribution in [2.75, 3.05) is 13.6 Å². The Morgan fingerprint density at radius 3 is 2.74 bits per heavy atom. The Labute approximate surface area is 126 Å². The number of likely N-dealkylation sites (N-methyl/N-ethyl adjacent to an activating group) is 1. The zero-order valence-corrected chi connectivity index (χ0v) is 13.2. The number of nitrogens with one attached hydrogen (secondary N) is 1. The predicted molar refractivity (Wildman–Crippen MR) is 82.0 cm³/mol. The van der Waals surface area contributed by atoms with Crippen LogP contribution in [-0.2, 0) is 4.79 Å². The molecule has 1 aromatic rings. The first-order valence-electron chi connectivity index (χ1n) is 6.29. The molecule has 0 bridgehead atoms. The summed E-state index contributed by atoms with van der Waals surface area (Å²) in [5, 5.41) is 2.88. The molecule has 1 aliphatic carbocycles. The molecule has 1 saturated carbocycles. The molecule has 0 atom stereocenters. The molecular weight excluding hydrogens is 355 g/mol. The van der Waals surface area contributed by atoms with E-state index in [1.54, 1.807) is 13.1 Å². The maximum Gasteiger partial charge on any atom is 0.255 e. The van der Waals surface area contributed by atoms with Gasteiger partial charge in [-0.15, -0.1) is 0 Å². The van der Waals surface area contributed by atoms with E-state index in [1.165, 1.54) is 4.90 Å². The molecular formula is C14H17IN2O2. The van der Waals surface area contributed by atoms with E-state index in [4.69, 9.17) is 0 Å². The standard InChI is InChI=1S/C14H17IN2O2/c1-9-4-3-5-11(13(9)15)14(19)17(2)8-12(18)16-10-6-7-10/h3-5,10H,6-8H2,1-2H3,(H,16,18). The normalized spacial score (nSPS) is 14.1. The minimum absolute atomic E-state index is 0.0824. The Hall–Kier alpha value is -1.11. The lowest BCUT2D eigenvalue weighted by Crippen LogP contribution is -2.39. The molecule has 1 aromatic carbocycles. The summed E-state index contributed by atoms with van der Waals surface area (Å²) < 4.78 is 0.944. The third kappa shape index (κ3) is 3.68. The molecule has 0 spiro atoms. The Bertz CT molecular complexity index is 512. The first kappa shape index (κ1) is 14.3. The first-order chi connectivity index (χ1) is 8.99. The van der Waals surface area contributed by atoms with Gasteiger partial charge in [0, 0.05) is 16.7 Å². The number of hydrogen-bond donors (Lipinski definition) is 1. The van der Waals surface area contributed by atoms with Gasteiger partial charge in [0.2, 0.25) is 5.91 Å². The average Bonchev–Trinajstić information content (AvgIpc) is 3.15. The number of rotatable bonds is 4. The van der Waals surface area contributed by atoms with Gasteiger partial charge in [0.1, 0.15) is 0 Å². The van der Waals surface area contributed by atoms with Gasteiger partial charge in [0.15, 0.2) is 0 Å². The van der Waals surface area contributed by atoms with Crippen LogP contribution in [0.15, 0.2) is 18.2 Å². The fourth-order valence-corrected chi connectivity index (χ4v) is 2.40. The number of carbonyl (C=O) groups excluding carboxylic acids is 2. The number of carbonyl (C=O) groups is 2. The lowest BCUT2D eigenvalue weighted by atomic mass is 10.1. The van der Waals surface area contributed by atoms with Crippen molar-refractivity contribution in [2.24, 2.45) is 0 Å². The maximum absolute atomic E-state index is 12.3. The van der Waals surface area contributed by atoms with Crippen molar-refractivity contribution in [1.29, 1.82) is 0 Å². The molecule has 0 unspecified atom stereocenters. The van der Waals surface area contributed by atoms with E-state index in [-0.39, 0.29) is 18.4 Å². The third-order valence-electron chi connectivity index (χ3n) is 3.09. The summed E-state index contributed by atoms with van der Waals surface area (Å²) in [5.41, 5.74) is 1.73. The van der Waals surface area contributed by atoms with Crippen LogP contribution in [0.4, 0.5) is 0 Å². The molecule has 5 heteroatoms. The minimum atomic E-state index is -0.112. The van der Waals surface area contributed by atoms with Gasteiger partial charge in [-0.3, -0.25) is 9.59 Å². The molecule has 0 radical (unpaired) electrons. The first-order valence-corrected chi connectivity index (χ1v) is 7.37. The van der Waals surface area contributed by atoms with Crippen LogP contribution in [0.3, 0.4) is 0 Å². The van der Waals surface area contributed by atoms with E-state index in [9.17, 15) is 9.59 Å². The second-order valence-corrected chi connectivity index (χ2v) is 6.02. The molecule has 0 heterocycles. The fourth-order valence-electron chi connectivity index (χ4n) is 1.81. The summed E-state index contributed by atoms with van der Waals surface area (Å²) in [6.07, 6.45) is 2.11. The molecule has 2 rings (SSSR count). The largest absolute Gasteiger partial charge is 0.352 e. The summed E-state index contributed by atoms with van der Waals surface area (Å²) in [4.78, 5) is 25.4. The van der Waals surface area contributed by atoms with Crippen LogP contribution >= 0.6 is 22.6 Å². The van der Waals surface area contributed by atoms with Crippen molar-refractivity contribution in [3.63, 3.8) is 0 Å². The van der Waals surface area contributed by atoms with Crippen molar-refractivity contribution >= 4 is 34.4 Å². The highest BCUT2D eigenvalue weighted by molar-refractivity contribution is 14.1. The number of benzene rings is 1. The topological polar surface area (TPSA) is 49.4 Å². The van der Waals surface area contributed by atoms with Crippen molar-refractivity contribution in [3.05, 3.63) is 32.9 Å². The smallest absolute Gasteiger partial charge is 0.255 e. The van der Waals surface area contributed by atoms with Gasteiger partial charge < -0.3 is 10.2 Å². The molecule has 19 heavy (non-hydrogen) atoms. The highest BCUT2D eigenvalue weighted by Gasteiger charge is 2.25. The summed E-state index contributed by atoms with van der Waals surface area (Å²) in [5.74, 6) is -0.194. The van der Waals surface area contributed by atoms with Gasteiger partial charge in [-0.05, 0) is 54.0 Å². The van der Waals surface area contributed by atoms with E-state index in [2.05, 4.69) is 27.9 Å². The summed E-state index contributed by atoms with van der Waals surface area (Å²) in [6, 6.07) is 5.96. The molecule has 1 fully saturated rings. The predicted octanol–water partition coefficient (Wildman–Crippen LogP) is 1.95. The molecule has 102 valence electrons. The molecule has 0 aliphatic heterocycles. The number of hydrogen-bond acceptors (Lipinski definition) is 2. The Kier molecular flexibility index (Phi) is 4.44. The van der Waals surface area contributed by atoms with Gasteiger partial charge in [-0.1, -0.05) is 12.1 Å². The highest BCUT2D eigenvalue weighted by Crippen LogP contribution is 2.19. The van der Waals surface area contributed by atoms with Gasteiger partial charge in [0.05, 0.1) is 12.1 Å². The Morgan fingerprint density at radius 2 is 2.11 bits per heavy atom. The minimum Gasteiger partial charge on any atom is -0.352 e. The van der Waals surface area contributed by atoms with Gasteiger partial charge in [-0.2, -0.15) is 0 Å². The lowest BCUT2D eigenvalue weighted by Gasteiger charge is -2.18. The fraction of sp³-hybridized carbons (Fsp3) is 0.429. The van der Waals surface area contributed by atoms with Gasteiger partial charge in [0.25, 0.3) is 5.91 Å². The van der Waals surface area contributed by atoms with Crippen LogP contribution in [0, 0.1) is 10.5 Å². The second-order valence-electron chi connectivity index (χ2n) is 4.94. The van der Waals surface area contributed by atoms with Crippen LogP contribution in [0.5, 0.6) is 0 Å². The van der Waals surface area contributed by atoms with Gasteiger partial charge >= 0.3 is 0 Å². The number of aryl methyl sites for hydroxylation is 1. The van der Waals surface area contributed by atoms with Gasteiger partial charge in [-0.25, -0.2) is 0 Å². The molecule has 1 N–H and O–H groups in total. The molecule has 0 aromatic heterocycles.